The van der Waals surface area contributed by atoms with E-state index in [0.29, 0.717) is 12.8 Å². The van der Waals surface area contributed by atoms with E-state index in [4.69, 9.17) is 5.11 Å². The van der Waals surface area contributed by atoms with Crippen molar-refractivity contribution in [3.8, 4) is 5.75 Å². The molecule has 1 aromatic carbocycles. The molecule has 1 aromatic rings. The molecule has 0 amide bonds. The van der Waals surface area contributed by atoms with Gasteiger partial charge in [-0.3, -0.25) is 4.79 Å². The van der Waals surface area contributed by atoms with Gasteiger partial charge in [-0.05, 0) is 18.9 Å². The summed E-state index contributed by atoms with van der Waals surface area (Å²) in [6.07, 6.45) is 0.563. The lowest BCUT2D eigenvalue weighted by molar-refractivity contribution is -0.137. The maximum Gasteiger partial charge on any atom is 0.304 e. The molecule has 0 spiro atoms. The Balaban J connectivity index is 2.52. The number of rotatable bonds is 4. The third-order valence-corrected chi connectivity index (χ3v) is 3.23. The molecule has 0 aromatic heterocycles. The summed E-state index contributed by atoms with van der Waals surface area (Å²) in [6, 6.07) is 0.725. The Morgan fingerprint density at radius 1 is 1.39 bits per heavy atom. The molecule has 0 unspecified atom stereocenters. The summed E-state index contributed by atoms with van der Waals surface area (Å²) in [5.41, 5.74) is -1.06. The zero-order chi connectivity index (χ0) is 13.5. The molecule has 98 valence electrons. The van der Waals surface area contributed by atoms with Crippen molar-refractivity contribution in [3.05, 3.63) is 29.1 Å². The van der Waals surface area contributed by atoms with Gasteiger partial charge in [0.1, 0.15) is 0 Å². The lowest BCUT2D eigenvalue weighted by atomic mass is 9.91. The maximum atomic E-state index is 14.0. The van der Waals surface area contributed by atoms with Crippen LogP contribution in [0.25, 0.3) is 0 Å². The average molecular weight is 260 g/mol. The van der Waals surface area contributed by atoms with Crippen molar-refractivity contribution in [2.24, 2.45) is 0 Å². The fraction of sp³-hybridized carbons (Fsp3) is 0.417. The summed E-state index contributed by atoms with van der Waals surface area (Å²) in [5, 5.41) is 8.77. The van der Waals surface area contributed by atoms with Crippen molar-refractivity contribution in [2.75, 3.05) is 7.11 Å². The Kier molecular flexibility index (Phi) is 2.96. The van der Waals surface area contributed by atoms with Crippen LogP contribution in [0.4, 0.5) is 13.2 Å². The second kappa shape index (κ2) is 4.19. The monoisotopic (exact) mass is 260 g/mol. The largest absolute Gasteiger partial charge is 0.491 e. The van der Waals surface area contributed by atoms with Crippen LogP contribution in [0.2, 0.25) is 0 Å². The molecule has 1 aliphatic carbocycles. The normalized spacial score (nSPS) is 16.4. The first-order valence-electron chi connectivity index (χ1n) is 5.35. The first-order valence-corrected chi connectivity index (χ1v) is 5.35. The van der Waals surface area contributed by atoms with Crippen molar-refractivity contribution in [1.29, 1.82) is 0 Å². The minimum Gasteiger partial charge on any atom is -0.491 e. The van der Waals surface area contributed by atoms with E-state index in [1.807, 2.05) is 0 Å². The van der Waals surface area contributed by atoms with E-state index < -0.39 is 34.6 Å². The SMILES string of the molecule is COc1c(F)c(F)cc(C2(CC(=O)O)CC2)c1F. The molecule has 0 bridgehead atoms. The molecule has 0 radical (unpaired) electrons. The molecular formula is C12H11F3O3. The van der Waals surface area contributed by atoms with Crippen LogP contribution in [0.1, 0.15) is 24.8 Å². The zero-order valence-electron chi connectivity index (χ0n) is 9.60. The van der Waals surface area contributed by atoms with Crippen LogP contribution in [0.15, 0.2) is 6.07 Å². The highest BCUT2D eigenvalue weighted by atomic mass is 19.2. The van der Waals surface area contributed by atoms with E-state index in [1.54, 1.807) is 0 Å². The Hall–Kier alpha value is -1.72. The lowest BCUT2D eigenvalue weighted by Crippen LogP contribution is -2.16. The van der Waals surface area contributed by atoms with E-state index in [2.05, 4.69) is 4.74 Å². The van der Waals surface area contributed by atoms with Crippen LogP contribution >= 0.6 is 0 Å². The van der Waals surface area contributed by atoms with Crippen molar-refractivity contribution < 1.29 is 27.8 Å². The molecule has 0 saturated heterocycles. The molecule has 0 aliphatic heterocycles. The fourth-order valence-electron chi connectivity index (χ4n) is 2.13. The highest BCUT2D eigenvalue weighted by molar-refractivity contribution is 5.70. The number of ether oxygens (including phenoxy) is 1. The zero-order valence-corrected chi connectivity index (χ0v) is 9.60. The predicted molar refractivity (Wildman–Crippen MR) is 56.0 cm³/mol. The maximum absolute atomic E-state index is 14.0. The summed E-state index contributed by atoms with van der Waals surface area (Å²) >= 11 is 0. The molecule has 2 rings (SSSR count). The van der Waals surface area contributed by atoms with E-state index in [-0.39, 0.29) is 12.0 Å². The van der Waals surface area contributed by atoms with Gasteiger partial charge in [-0.15, -0.1) is 0 Å². The van der Waals surface area contributed by atoms with Gasteiger partial charge in [0.2, 0.25) is 5.82 Å². The van der Waals surface area contributed by atoms with Gasteiger partial charge in [-0.1, -0.05) is 0 Å². The average Bonchev–Trinajstić information content (AvgIpc) is 3.04. The molecule has 0 heterocycles. The Labute approximate surface area is 101 Å². The number of aliphatic carboxylic acids is 1. The third kappa shape index (κ3) is 1.91. The minimum absolute atomic E-state index is 0.124. The van der Waals surface area contributed by atoms with Crippen molar-refractivity contribution in [3.63, 3.8) is 0 Å². The molecule has 0 atom stereocenters. The summed E-state index contributed by atoms with van der Waals surface area (Å²) in [6.45, 7) is 0. The van der Waals surface area contributed by atoms with Crippen LogP contribution < -0.4 is 4.74 Å². The summed E-state index contributed by atoms with van der Waals surface area (Å²) in [5.74, 6) is -5.56. The highest BCUT2D eigenvalue weighted by Gasteiger charge is 2.49. The predicted octanol–water partition coefficient (Wildman–Crippen LogP) is 2.62. The van der Waals surface area contributed by atoms with Gasteiger partial charge in [0.15, 0.2) is 17.4 Å². The van der Waals surface area contributed by atoms with E-state index in [9.17, 15) is 18.0 Å². The van der Waals surface area contributed by atoms with Crippen LogP contribution in [0, 0.1) is 17.5 Å². The molecule has 1 aliphatic rings. The van der Waals surface area contributed by atoms with E-state index in [0.717, 1.165) is 13.2 Å². The molecule has 1 N–H and O–H groups in total. The van der Waals surface area contributed by atoms with Crippen molar-refractivity contribution in [1.82, 2.24) is 0 Å². The number of carboxylic acids is 1. The number of methoxy groups -OCH3 is 1. The molecular weight excluding hydrogens is 249 g/mol. The number of benzene rings is 1. The Bertz CT molecular complexity index is 510. The van der Waals surface area contributed by atoms with Gasteiger partial charge in [0, 0.05) is 11.0 Å². The number of carboxylic acid groups (broad SMARTS) is 1. The molecule has 1 fully saturated rings. The number of hydrogen-bond donors (Lipinski definition) is 1. The Morgan fingerprint density at radius 3 is 2.44 bits per heavy atom. The smallest absolute Gasteiger partial charge is 0.304 e. The van der Waals surface area contributed by atoms with Crippen LogP contribution in [-0.4, -0.2) is 18.2 Å². The Morgan fingerprint density at radius 2 is 2.00 bits per heavy atom. The standard InChI is InChI=1S/C12H11F3O3/c1-18-11-9(14)6(4-7(13)10(11)15)12(2-3-12)5-8(16)17/h4H,2-3,5H2,1H3,(H,16,17). The minimum atomic E-state index is -1.40. The van der Waals surface area contributed by atoms with Gasteiger partial charge in [0.05, 0.1) is 13.5 Å². The summed E-state index contributed by atoms with van der Waals surface area (Å²) in [4.78, 5) is 10.7. The van der Waals surface area contributed by atoms with Crippen LogP contribution in [-0.2, 0) is 10.2 Å². The molecule has 1 saturated carbocycles. The number of halogens is 3. The van der Waals surface area contributed by atoms with Gasteiger partial charge in [0.25, 0.3) is 0 Å². The van der Waals surface area contributed by atoms with Crippen LogP contribution in [0.5, 0.6) is 5.75 Å². The van der Waals surface area contributed by atoms with Crippen molar-refractivity contribution in [2.45, 2.75) is 24.7 Å². The summed E-state index contributed by atoms with van der Waals surface area (Å²) < 4.78 is 45.1. The van der Waals surface area contributed by atoms with Gasteiger partial charge >= 0.3 is 5.97 Å². The first kappa shape index (κ1) is 12.7. The van der Waals surface area contributed by atoms with Gasteiger partial charge < -0.3 is 9.84 Å². The molecule has 6 heteroatoms. The first-order chi connectivity index (χ1) is 8.41. The summed E-state index contributed by atoms with van der Waals surface area (Å²) in [7, 11) is 1.03. The lowest BCUT2D eigenvalue weighted by Gasteiger charge is -2.16. The molecule has 3 nitrogen and oxygen atoms in total. The highest BCUT2D eigenvalue weighted by Crippen LogP contribution is 2.53. The number of carbonyl (C=O) groups is 1. The topological polar surface area (TPSA) is 46.5 Å². The molecule has 18 heavy (non-hydrogen) atoms. The quantitative estimate of drug-likeness (QED) is 0.846. The van der Waals surface area contributed by atoms with Gasteiger partial charge in [-0.2, -0.15) is 4.39 Å². The van der Waals surface area contributed by atoms with E-state index >= 15 is 0 Å². The van der Waals surface area contributed by atoms with Crippen LogP contribution in [0.3, 0.4) is 0 Å². The third-order valence-electron chi connectivity index (χ3n) is 3.23. The second-order valence-electron chi connectivity index (χ2n) is 4.42. The van der Waals surface area contributed by atoms with Gasteiger partial charge in [-0.25, -0.2) is 8.78 Å². The fourth-order valence-corrected chi connectivity index (χ4v) is 2.13. The number of hydrogen-bond acceptors (Lipinski definition) is 2. The second-order valence-corrected chi connectivity index (χ2v) is 4.42. The van der Waals surface area contributed by atoms with E-state index in [1.165, 1.54) is 0 Å². The van der Waals surface area contributed by atoms with Crippen molar-refractivity contribution >= 4 is 5.97 Å².